The molecule has 0 aromatic heterocycles. The molecular formula is C19H28N2O3. The summed E-state index contributed by atoms with van der Waals surface area (Å²) in [6.45, 7) is 5.77. The van der Waals surface area contributed by atoms with Gasteiger partial charge in [0.1, 0.15) is 0 Å². The molecule has 3 atom stereocenters. The maximum Gasteiger partial charge on any atom is 0.338 e. The summed E-state index contributed by atoms with van der Waals surface area (Å²) in [5, 5.41) is 0. The summed E-state index contributed by atoms with van der Waals surface area (Å²) < 4.78 is 5.43. The first-order valence-corrected chi connectivity index (χ1v) is 8.61. The first kappa shape index (κ1) is 18.3. The Kier molecular flexibility index (Phi) is 5.86. The Labute approximate surface area is 144 Å². The van der Waals surface area contributed by atoms with E-state index in [-0.39, 0.29) is 18.0 Å². The average Bonchev–Trinajstić information content (AvgIpc) is 2.54. The van der Waals surface area contributed by atoms with Gasteiger partial charge in [-0.2, -0.15) is 0 Å². The number of esters is 1. The van der Waals surface area contributed by atoms with E-state index in [2.05, 4.69) is 13.8 Å². The third kappa shape index (κ3) is 4.08. The molecule has 1 saturated heterocycles. The van der Waals surface area contributed by atoms with Gasteiger partial charge in [0.2, 0.25) is 0 Å². The van der Waals surface area contributed by atoms with Gasteiger partial charge in [-0.3, -0.25) is 4.79 Å². The molecule has 2 rings (SSSR count). The van der Waals surface area contributed by atoms with Crippen molar-refractivity contribution in [3.05, 3.63) is 29.8 Å². The Morgan fingerprint density at radius 3 is 2.42 bits per heavy atom. The Hall–Kier alpha value is -2.04. The standard InChI is InChI=1S/C19H28N2O3/c1-13-8-6-9-14(2)21(13)18(22)15(3)24-19(23)16-10-7-11-17(12-16)20(4)5/h7,10-15H,6,8-9H2,1-5H3/t13-,14-,15-/m1/s1. The number of carbonyl (C=O) groups excluding carboxylic acids is 2. The Balaban J connectivity index is 2.05. The van der Waals surface area contributed by atoms with E-state index in [1.165, 1.54) is 0 Å². The minimum atomic E-state index is -0.775. The predicted molar refractivity (Wildman–Crippen MR) is 95.3 cm³/mol. The van der Waals surface area contributed by atoms with E-state index >= 15 is 0 Å². The van der Waals surface area contributed by atoms with Crippen LogP contribution in [0.1, 0.15) is 50.4 Å². The largest absolute Gasteiger partial charge is 0.449 e. The number of ether oxygens (including phenoxy) is 1. The SMILES string of the molecule is C[C@@H]1CCC[C@@H](C)N1C(=O)[C@@H](C)OC(=O)c1cccc(N(C)C)c1. The van der Waals surface area contributed by atoms with Gasteiger partial charge in [0.25, 0.3) is 5.91 Å². The van der Waals surface area contributed by atoms with Crippen molar-refractivity contribution in [1.29, 1.82) is 0 Å². The van der Waals surface area contributed by atoms with Crippen LogP contribution in [0, 0.1) is 0 Å². The molecule has 1 aromatic carbocycles. The highest BCUT2D eigenvalue weighted by Gasteiger charge is 2.33. The summed E-state index contributed by atoms with van der Waals surface area (Å²) in [4.78, 5) is 28.9. The van der Waals surface area contributed by atoms with Crippen molar-refractivity contribution in [3.8, 4) is 0 Å². The summed E-state index contributed by atoms with van der Waals surface area (Å²) in [6.07, 6.45) is 2.37. The molecule has 0 saturated carbocycles. The van der Waals surface area contributed by atoms with Crippen LogP contribution in [-0.2, 0) is 9.53 Å². The zero-order valence-electron chi connectivity index (χ0n) is 15.3. The van der Waals surface area contributed by atoms with Crippen molar-refractivity contribution in [2.24, 2.45) is 0 Å². The molecule has 0 N–H and O–H groups in total. The van der Waals surface area contributed by atoms with Gasteiger partial charge in [0.05, 0.1) is 5.56 Å². The van der Waals surface area contributed by atoms with E-state index in [0.717, 1.165) is 24.9 Å². The predicted octanol–water partition coefficient (Wildman–Crippen LogP) is 3.09. The van der Waals surface area contributed by atoms with Crippen molar-refractivity contribution in [3.63, 3.8) is 0 Å². The minimum absolute atomic E-state index is 0.105. The number of benzene rings is 1. The van der Waals surface area contributed by atoms with Crippen molar-refractivity contribution >= 4 is 17.6 Å². The first-order chi connectivity index (χ1) is 11.3. The van der Waals surface area contributed by atoms with E-state index in [1.807, 2.05) is 36.0 Å². The fraction of sp³-hybridized carbons (Fsp3) is 0.579. The highest BCUT2D eigenvalue weighted by molar-refractivity contribution is 5.93. The zero-order valence-corrected chi connectivity index (χ0v) is 15.3. The first-order valence-electron chi connectivity index (χ1n) is 8.61. The second kappa shape index (κ2) is 7.69. The maximum absolute atomic E-state index is 12.7. The molecule has 24 heavy (non-hydrogen) atoms. The van der Waals surface area contributed by atoms with Crippen LogP contribution in [0.2, 0.25) is 0 Å². The molecule has 0 radical (unpaired) electrons. The number of amides is 1. The number of carbonyl (C=O) groups is 2. The number of hydrogen-bond acceptors (Lipinski definition) is 4. The molecule has 0 bridgehead atoms. The monoisotopic (exact) mass is 332 g/mol. The van der Waals surface area contributed by atoms with Gasteiger partial charge in [0, 0.05) is 31.9 Å². The van der Waals surface area contributed by atoms with Gasteiger partial charge in [-0.05, 0) is 58.2 Å². The van der Waals surface area contributed by atoms with Crippen LogP contribution >= 0.6 is 0 Å². The number of anilines is 1. The Morgan fingerprint density at radius 2 is 1.83 bits per heavy atom. The second-order valence-corrected chi connectivity index (χ2v) is 6.87. The molecule has 0 unspecified atom stereocenters. The van der Waals surface area contributed by atoms with Gasteiger partial charge in [-0.1, -0.05) is 6.07 Å². The maximum atomic E-state index is 12.7. The van der Waals surface area contributed by atoms with Crippen LogP contribution < -0.4 is 4.90 Å². The van der Waals surface area contributed by atoms with E-state index in [0.29, 0.717) is 5.56 Å². The summed E-state index contributed by atoms with van der Waals surface area (Å²) >= 11 is 0. The number of rotatable bonds is 4. The van der Waals surface area contributed by atoms with Crippen molar-refractivity contribution < 1.29 is 14.3 Å². The molecule has 5 heteroatoms. The fourth-order valence-electron chi connectivity index (χ4n) is 3.26. The van der Waals surface area contributed by atoms with Gasteiger partial charge in [0.15, 0.2) is 6.10 Å². The molecule has 1 aliphatic heterocycles. The summed E-state index contributed by atoms with van der Waals surface area (Å²) in [6, 6.07) is 7.60. The lowest BCUT2D eigenvalue weighted by Gasteiger charge is -2.40. The fourth-order valence-corrected chi connectivity index (χ4v) is 3.26. The lowest BCUT2D eigenvalue weighted by Crippen LogP contribution is -2.51. The van der Waals surface area contributed by atoms with Crippen LogP contribution in [0.25, 0.3) is 0 Å². The zero-order chi connectivity index (χ0) is 17.9. The smallest absolute Gasteiger partial charge is 0.338 e. The summed E-state index contributed by atoms with van der Waals surface area (Å²) in [5.74, 6) is -0.566. The van der Waals surface area contributed by atoms with Crippen LogP contribution in [0.15, 0.2) is 24.3 Å². The lowest BCUT2D eigenvalue weighted by molar-refractivity contribution is -0.146. The van der Waals surface area contributed by atoms with Crippen LogP contribution in [0.5, 0.6) is 0 Å². The number of nitrogens with zero attached hydrogens (tertiary/aromatic N) is 2. The number of hydrogen-bond donors (Lipinski definition) is 0. The van der Waals surface area contributed by atoms with Crippen molar-refractivity contribution in [1.82, 2.24) is 4.90 Å². The Bertz CT molecular complexity index is 590. The molecule has 1 heterocycles. The second-order valence-electron chi connectivity index (χ2n) is 6.87. The van der Waals surface area contributed by atoms with Crippen LogP contribution in [0.3, 0.4) is 0 Å². The highest BCUT2D eigenvalue weighted by atomic mass is 16.5. The van der Waals surface area contributed by atoms with Crippen LogP contribution in [0.4, 0.5) is 5.69 Å². The topological polar surface area (TPSA) is 49.9 Å². The third-order valence-corrected chi connectivity index (χ3v) is 4.68. The van der Waals surface area contributed by atoms with Gasteiger partial charge in [-0.15, -0.1) is 0 Å². The normalized spacial score (nSPS) is 22.0. The number of likely N-dealkylation sites (tertiary alicyclic amines) is 1. The quantitative estimate of drug-likeness (QED) is 0.795. The van der Waals surface area contributed by atoms with E-state index in [4.69, 9.17) is 4.74 Å². The molecule has 1 amide bonds. The summed E-state index contributed by atoms with van der Waals surface area (Å²) in [5.41, 5.74) is 1.38. The van der Waals surface area contributed by atoms with E-state index in [1.54, 1.807) is 19.1 Å². The average molecular weight is 332 g/mol. The van der Waals surface area contributed by atoms with E-state index in [9.17, 15) is 9.59 Å². The molecule has 1 aliphatic rings. The lowest BCUT2D eigenvalue weighted by atomic mass is 9.97. The minimum Gasteiger partial charge on any atom is -0.449 e. The molecule has 1 aromatic rings. The summed E-state index contributed by atoms with van der Waals surface area (Å²) in [7, 11) is 3.82. The van der Waals surface area contributed by atoms with Gasteiger partial charge in [-0.25, -0.2) is 4.79 Å². The molecule has 1 fully saturated rings. The van der Waals surface area contributed by atoms with Gasteiger partial charge >= 0.3 is 5.97 Å². The Morgan fingerprint density at radius 1 is 1.21 bits per heavy atom. The highest BCUT2D eigenvalue weighted by Crippen LogP contribution is 2.24. The van der Waals surface area contributed by atoms with Gasteiger partial charge < -0.3 is 14.5 Å². The van der Waals surface area contributed by atoms with Crippen LogP contribution in [-0.4, -0.2) is 49.1 Å². The number of piperidine rings is 1. The molecule has 132 valence electrons. The molecular weight excluding hydrogens is 304 g/mol. The van der Waals surface area contributed by atoms with Crippen molar-refractivity contribution in [2.45, 2.75) is 58.2 Å². The third-order valence-electron chi connectivity index (χ3n) is 4.68. The van der Waals surface area contributed by atoms with Crippen molar-refractivity contribution in [2.75, 3.05) is 19.0 Å². The molecule has 0 spiro atoms. The molecule has 5 nitrogen and oxygen atoms in total. The molecule has 0 aliphatic carbocycles. The van der Waals surface area contributed by atoms with E-state index < -0.39 is 12.1 Å².